The number of ketones is 5. The molecular formula is C50H62O10. The molecule has 9 aliphatic rings. The molecule has 10 heteroatoms. The number of aliphatic hydroxyl groups is 1. The van der Waals surface area contributed by atoms with E-state index in [4.69, 9.17) is 14.2 Å². The van der Waals surface area contributed by atoms with E-state index < -0.39 is 40.8 Å². The van der Waals surface area contributed by atoms with Crippen molar-refractivity contribution in [2.45, 2.75) is 131 Å². The molecule has 5 fully saturated rings. The van der Waals surface area contributed by atoms with Gasteiger partial charge in [0.05, 0.1) is 0 Å². The van der Waals surface area contributed by atoms with Crippen LogP contribution in [-0.2, 0) is 43.0 Å². The van der Waals surface area contributed by atoms with E-state index in [0.29, 0.717) is 31.1 Å². The lowest BCUT2D eigenvalue weighted by Gasteiger charge is -2.57. The summed E-state index contributed by atoms with van der Waals surface area (Å²) >= 11 is 0. The molecule has 0 amide bonds. The van der Waals surface area contributed by atoms with Crippen molar-refractivity contribution in [3.63, 3.8) is 0 Å². The lowest BCUT2D eigenvalue weighted by Crippen LogP contribution is -2.65. The summed E-state index contributed by atoms with van der Waals surface area (Å²) in [4.78, 5) is 74.5. The summed E-state index contributed by atoms with van der Waals surface area (Å²) in [5, 5.41) is 9.67. The van der Waals surface area contributed by atoms with Gasteiger partial charge in [-0.25, -0.2) is 0 Å². The Morgan fingerprint density at radius 3 is 1.75 bits per heavy atom. The molecule has 0 bridgehead atoms. The Balaban J connectivity index is 0.000000167. The molecule has 0 radical (unpaired) electrons. The largest absolute Gasteiger partial charge is 0.451 e. The number of allylic oxidation sites excluding steroid dienone is 12. The molecule has 8 aliphatic carbocycles. The molecule has 9 rings (SSSR count). The van der Waals surface area contributed by atoms with Crippen LogP contribution in [0.25, 0.3) is 0 Å². The molecule has 1 heterocycles. The van der Waals surface area contributed by atoms with Gasteiger partial charge in [0.15, 0.2) is 28.7 Å². The normalized spacial score (nSPS) is 45.9. The molecule has 1 saturated heterocycles. The first-order valence-electron chi connectivity index (χ1n) is 22.1. The molecule has 5 unspecified atom stereocenters. The Kier molecular flexibility index (Phi) is 10.0. The quantitative estimate of drug-likeness (QED) is 0.224. The number of ether oxygens (including phenoxy) is 3. The number of rotatable bonds is 4. The van der Waals surface area contributed by atoms with Crippen LogP contribution in [0.15, 0.2) is 70.9 Å². The van der Waals surface area contributed by atoms with E-state index in [1.54, 1.807) is 25.2 Å². The third-order valence-electron chi connectivity index (χ3n) is 17.6. The summed E-state index contributed by atoms with van der Waals surface area (Å²) in [6, 6.07) is 0. The minimum Gasteiger partial charge on any atom is -0.451 e. The van der Waals surface area contributed by atoms with Crippen molar-refractivity contribution in [2.75, 3.05) is 13.2 Å². The highest BCUT2D eigenvalue weighted by Gasteiger charge is 2.70. The molecule has 1 aliphatic heterocycles. The van der Waals surface area contributed by atoms with Crippen molar-refractivity contribution in [1.82, 2.24) is 0 Å². The van der Waals surface area contributed by atoms with Crippen LogP contribution in [0.5, 0.6) is 0 Å². The van der Waals surface area contributed by atoms with Crippen molar-refractivity contribution in [1.29, 1.82) is 0 Å². The molecular weight excluding hydrogens is 761 g/mol. The van der Waals surface area contributed by atoms with Gasteiger partial charge in [0.2, 0.25) is 11.6 Å². The Hall–Kier alpha value is -3.86. The van der Waals surface area contributed by atoms with Crippen molar-refractivity contribution >= 4 is 34.9 Å². The fourth-order valence-corrected chi connectivity index (χ4v) is 14.4. The minimum atomic E-state index is -1.37. The van der Waals surface area contributed by atoms with Crippen LogP contribution in [0, 0.1) is 57.2 Å². The summed E-state index contributed by atoms with van der Waals surface area (Å²) in [6.45, 7) is 16.8. The number of fused-ring (bicyclic) bond motifs is 11. The summed E-state index contributed by atoms with van der Waals surface area (Å²) in [6.07, 6.45) is 21.6. The van der Waals surface area contributed by atoms with E-state index in [1.807, 2.05) is 19.1 Å². The number of hydrogen-bond acceptors (Lipinski definition) is 10. The monoisotopic (exact) mass is 822 g/mol. The van der Waals surface area contributed by atoms with Crippen molar-refractivity contribution < 1.29 is 48.1 Å². The van der Waals surface area contributed by atoms with Gasteiger partial charge in [0, 0.05) is 35.5 Å². The average Bonchev–Trinajstić information content (AvgIpc) is 3.65. The van der Waals surface area contributed by atoms with Gasteiger partial charge in [-0.2, -0.15) is 0 Å². The first kappa shape index (κ1) is 42.8. The van der Waals surface area contributed by atoms with Gasteiger partial charge in [-0.1, -0.05) is 63.1 Å². The Morgan fingerprint density at radius 1 is 0.750 bits per heavy atom. The van der Waals surface area contributed by atoms with E-state index in [1.165, 1.54) is 36.1 Å². The van der Waals surface area contributed by atoms with E-state index in [9.17, 15) is 33.9 Å². The molecule has 60 heavy (non-hydrogen) atoms. The van der Waals surface area contributed by atoms with Crippen molar-refractivity contribution in [3.05, 3.63) is 70.9 Å². The maximum atomic E-state index is 13.3. The maximum absolute atomic E-state index is 13.3. The second-order valence-electron chi connectivity index (χ2n) is 20.6. The zero-order valence-electron chi connectivity index (χ0n) is 36.8. The fourth-order valence-electron chi connectivity index (χ4n) is 14.4. The van der Waals surface area contributed by atoms with Crippen LogP contribution in [0.2, 0.25) is 0 Å². The topological polar surface area (TPSA) is 150 Å². The van der Waals surface area contributed by atoms with E-state index >= 15 is 0 Å². The second kappa shape index (κ2) is 14.1. The molecule has 0 aromatic rings. The van der Waals surface area contributed by atoms with Crippen LogP contribution in [-0.4, -0.2) is 70.2 Å². The number of esters is 1. The Labute approximate surface area is 354 Å². The SMILES string of the molecule is CC(=O)C1(C)OCC(=O)[C@]2(CCC3C4C[C@H](C)C5=CC(=O)C=C[C@]5(C)C4=CC[C@@]32C)O1.CC(=O)O[C@]1(C(=O)CO)CCC2C3C[C@H](C)C4=CC(=O)C=C[C@]4(C)C3=CC[C@@]21C. The van der Waals surface area contributed by atoms with Gasteiger partial charge in [-0.05, 0) is 143 Å². The van der Waals surface area contributed by atoms with Crippen LogP contribution in [0.3, 0.4) is 0 Å². The van der Waals surface area contributed by atoms with E-state index in [2.05, 4.69) is 52.8 Å². The van der Waals surface area contributed by atoms with E-state index in [0.717, 1.165) is 32.1 Å². The molecule has 322 valence electrons. The van der Waals surface area contributed by atoms with Gasteiger partial charge in [0.25, 0.3) is 0 Å². The third kappa shape index (κ3) is 5.74. The predicted octanol–water partition coefficient (Wildman–Crippen LogP) is 7.44. The highest BCUT2D eigenvalue weighted by Crippen LogP contribution is 2.69. The van der Waals surface area contributed by atoms with Crippen LogP contribution in [0.1, 0.15) is 114 Å². The highest BCUT2D eigenvalue weighted by molar-refractivity contribution is 6.02. The van der Waals surface area contributed by atoms with Gasteiger partial charge in [-0.15, -0.1) is 0 Å². The average molecular weight is 823 g/mol. The zero-order valence-corrected chi connectivity index (χ0v) is 36.8. The highest BCUT2D eigenvalue weighted by atomic mass is 16.7. The summed E-state index contributed by atoms with van der Waals surface area (Å²) in [7, 11) is 0. The van der Waals surface area contributed by atoms with Gasteiger partial charge in [-0.3, -0.25) is 28.8 Å². The lowest BCUT2D eigenvalue weighted by molar-refractivity contribution is -0.301. The number of Topliss-reactive ketones (excluding diaryl/α,β-unsaturated/α-hetero) is 3. The molecule has 1 N–H and O–H groups in total. The number of carbonyl (C=O) groups is 6. The van der Waals surface area contributed by atoms with Gasteiger partial charge in [0.1, 0.15) is 18.8 Å². The second-order valence-corrected chi connectivity index (χ2v) is 20.6. The van der Waals surface area contributed by atoms with Crippen LogP contribution in [0.4, 0.5) is 0 Å². The molecule has 4 saturated carbocycles. The van der Waals surface area contributed by atoms with Crippen LogP contribution >= 0.6 is 0 Å². The smallest absolute Gasteiger partial charge is 0.303 e. The first-order chi connectivity index (χ1) is 28.1. The number of aliphatic hydroxyl groups excluding tert-OH is 1. The number of hydrogen-bond donors (Lipinski definition) is 1. The molecule has 0 aromatic heterocycles. The van der Waals surface area contributed by atoms with Gasteiger partial charge >= 0.3 is 5.97 Å². The predicted molar refractivity (Wildman–Crippen MR) is 223 cm³/mol. The standard InChI is InChI=1S/C26H32O5.C24H30O5/c1-15-12-18-19(23(3)9-6-17(28)13-21(15)23)7-10-24(4)20(18)8-11-26(24)22(29)14-30-25(5,31-26)16(2)27;1-14-11-17-18(22(3)8-5-16(27)12-20(14)22)6-9-23(4)19(17)7-10-24(23,21(28)13-25)29-15(2)26/h6-7,9,13,15,18,20H,8,10-12,14H2,1-5H3;5-6,8,12,14,17,19,25H,7,9-11,13H2,1-4H3/t15-,18?,20?,23+,24-,25?,26-;14-,17?,19?,22+,23-,24-/m00/s1. The Bertz CT molecular complexity index is 2170. The maximum Gasteiger partial charge on any atom is 0.303 e. The van der Waals surface area contributed by atoms with Crippen molar-refractivity contribution in [2.24, 2.45) is 57.2 Å². The summed E-state index contributed by atoms with van der Waals surface area (Å²) < 4.78 is 17.7. The fraction of sp³-hybridized carbons (Fsp3) is 0.640. The Morgan fingerprint density at radius 2 is 1.25 bits per heavy atom. The van der Waals surface area contributed by atoms with Gasteiger partial charge < -0.3 is 19.3 Å². The van der Waals surface area contributed by atoms with Crippen molar-refractivity contribution in [3.8, 4) is 0 Å². The third-order valence-corrected chi connectivity index (χ3v) is 17.6. The number of carbonyl (C=O) groups excluding carboxylic acids is 6. The minimum absolute atomic E-state index is 0.0353. The summed E-state index contributed by atoms with van der Waals surface area (Å²) in [5.74, 6) is -0.745. The molecule has 1 spiro atoms. The first-order valence-corrected chi connectivity index (χ1v) is 22.1. The van der Waals surface area contributed by atoms with E-state index in [-0.39, 0.29) is 69.7 Å². The molecule has 0 aromatic carbocycles. The summed E-state index contributed by atoms with van der Waals surface area (Å²) in [5.41, 5.74) is 1.40. The lowest BCUT2D eigenvalue weighted by atomic mass is 9.49. The zero-order chi connectivity index (χ0) is 43.6. The molecule has 10 nitrogen and oxygen atoms in total. The van der Waals surface area contributed by atoms with Crippen LogP contribution < -0.4 is 0 Å². The molecule has 13 atom stereocenters.